The molecule has 2 amide bonds. The van der Waals surface area contributed by atoms with Crippen LogP contribution in [-0.2, 0) is 16.1 Å². The molecule has 3 aromatic rings. The summed E-state index contributed by atoms with van der Waals surface area (Å²) < 4.78 is 2.05. The normalized spacial score (nSPS) is 17.0. The van der Waals surface area contributed by atoms with Crippen LogP contribution in [0.1, 0.15) is 63.4 Å². The Morgan fingerprint density at radius 3 is 2.42 bits per heavy atom. The molecule has 0 spiro atoms. The minimum Gasteiger partial charge on any atom is -0.341 e. The van der Waals surface area contributed by atoms with Gasteiger partial charge in [-0.1, -0.05) is 56.3 Å². The number of hydrogen-bond donors (Lipinski definition) is 0. The Balaban J connectivity index is 1.63. The zero-order valence-corrected chi connectivity index (χ0v) is 19.9. The van der Waals surface area contributed by atoms with Gasteiger partial charge in [0, 0.05) is 32.0 Å². The zero-order chi connectivity index (χ0) is 23.4. The summed E-state index contributed by atoms with van der Waals surface area (Å²) in [5.41, 5.74) is 2.96. The second-order valence-electron chi connectivity index (χ2n) is 8.96. The molecule has 6 nitrogen and oxygen atoms in total. The van der Waals surface area contributed by atoms with Gasteiger partial charge < -0.3 is 14.4 Å². The highest BCUT2D eigenvalue weighted by Gasteiger charge is 2.37. The lowest BCUT2D eigenvalue weighted by molar-refractivity contribution is -0.132. The van der Waals surface area contributed by atoms with Crippen LogP contribution < -0.4 is 0 Å². The molecule has 2 atom stereocenters. The van der Waals surface area contributed by atoms with Gasteiger partial charge in [-0.15, -0.1) is 0 Å². The van der Waals surface area contributed by atoms with Gasteiger partial charge >= 0.3 is 0 Å². The molecule has 0 bridgehead atoms. The van der Waals surface area contributed by atoms with Crippen LogP contribution in [0.5, 0.6) is 0 Å². The van der Waals surface area contributed by atoms with E-state index < -0.39 is 0 Å². The Hall–Kier alpha value is -3.15. The van der Waals surface area contributed by atoms with Crippen LogP contribution in [0.3, 0.4) is 0 Å². The highest BCUT2D eigenvalue weighted by atomic mass is 16.2. The van der Waals surface area contributed by atoms with Gasteiger partial charge in [0.1, 0.15) is 12.4 Å². The first-order valence-corrected chi connectivity index (χ1v) is 12.1. The van der Waals surface area contributed by atoms with Crippen LogP contribution in [0.25, 0.3) is 11.0 Å². The van der Waals surface area contributed by atoms with E-state index in [0.29, 0.717) is 13.0 Å². The molecule has 0 aliphatic carbocycles. The average Bonchev–Trinajstić information content (AvgIpc) is 3.39. The van der Waals surface area contributed by atoms with Crippen molar-refractivity contribution in [1.82, 2.24) is 19.4 Å². The van der Waals surface area contributed by atoms with Crippen LogP contribution in [-0.4, -0.2) is 50.8 Å². The number of aromatic nitrogens is 2. The summed E-state index contributed by atoms with van der Waals surface area (Å²) in [6.07, 6.45) is 2.29. The second kappa shape index (κ2) is 10.2. The first-order chi connectivity index (χ1) is 16.0. The van der Waals surface area contributed by atoms with Crippen molar-refractivity contribution >= 4 is 22.8 Å². The lowest BCUT2D eigenvalue weighted by Crippen LogP contribution is -2.35. The third-order valence-electron chi connectivity index (χ3n) is 6.59. The minimum absolute atomic E-state index is 0.00719. The van der Waals surface area contributed by atoms with Crippen molar-refractivity contribution < 1.29 is 9.59 Å². The summed E-state index contributed by atoms with van der Waals surface area (Å²) in [5, 5.41) is 0. The Morgan fingerprint density at radius 2 is 1.73 bits per heavy atom. The van der Waals surface area contributed by atoms with Gasteiger partial charge in [0.2, 0.25) is 11.8 Å². The maximum atomic E-state index is 13.2. The monoisotopic (exact) mass is 446 g/mol. The smallest absolute Gasteiger partial charge is 0.242 e. The van der Waals surface area contributed by atoms with E-state index in [1.165, 1.54) is 0 Å². The fourth-order valence-corrected chi connectivity index (χ4v) is 4.90. The zero-order valence-electron chi connectivity index (χ0n) is 19.9. The van der Waals surface area contributed by atoms with E-state index in [9.17, 15) is 9.59 Å². The predicted molar refractivity (Wildman–Crippen MR) is 131 cm³/mol. The molecule has 0 N–H and O–H groups in total. The number of carbonyl (C=O) groups is 2. The summed E-state index contributed by atoms with van der Waals surface area (Å²) >= 11 is 0. The van der Waals surface area contributed by atoms with Gasteiger partial charge in [-0.25, -0.2) is 4.98 Å². The standard InChI is InChI=1S/C27H34N4O2/c1-4-15-29(16-5-2)26(33)19-31-24-14-10-9-13-23(24)28-27(31)22-17-25(32)30(18-22)20(3)21-11-7-6-8-12-21/h6-14,20,22H,4-5,15-19H2,1-3H3. The second-order valence-corrected chi connectivity index (χ2v) is 8.96. The van der Waals surface area contributed by atoms with E-state index >= 15 is 0 Å². The van der Waals surface area contributed by atoms with Crippen molar-refractivity contribution in [3.8, 4) is 0 Å². The number of nitrogens with zero attached hydrogens (tertiary/aromatic N) is 4. The molecular formula is C27H34N4O2. The fourth-order valence-electron chi connectivity index (χ4n) is 4.90. The van der Waals surface area contributed by atoms with E-state index in [1.54, 1.807) is 0 Å². The van der Waals surface area contributed by atoms with E-state index in [1.807, 2.05) is 56.8 Å². The van der Waals surface area contributed by atoms with Crippen molar-refractivity contribution in [3.05, 3.63) is 66.0 Å². The van der Waals surface area contributed by atoms with Gasteiger partial charge in [0.15, 0.2) is 0 Å². The average molecular weight is 447 g/mol. The van der Waals surface area contributed by atoms with E-state index in [-0.39, 0.29) is 30.3 Å². The van der Waals surface area contributed by atoms with Crippen LogP contribution in [0, 0.1) is 0 Å². The molecule has 2 unspecified atom stereocenters. The van der Waals surface area contributed by atoms with E-state index in [4.69, 9.17) is 4.98 Å². The van der Waals surface area contributed by atoms with Gasteiger partial charge in [-0.2, -0.15) is 0 Å². The number of fused-ring (bicyclic) bond motifs is 1. The van der Waals surface area contributed by atoms with Crippen LogP contribution >= 0.6 is 0 Å². The Labute approximate surface area is 196 Å². The van der Waals surface area contributed by atoms with E-state index in [2.05, 4.69) is 32.9 Å². The molecule has 33 heavy (non-hydrogen) atoms. The first kappa shape index (κ1) is 23.0. The molecule has 0 radical (unpaired) electrons. The Kier molecular flexibility index (Phi) is 7.11. The Bertz CT molecular complexity index is 1100. The molecule has 2 heterocycles. The van der Waals surface area contributed by atoms with Gasteiger partial charge in [0.25, 0.3) is 0 Å². The number of hydrogen-bond acceptors (Lipinski definition) is 3. The molecule has 1 aliphatic heterocycles. The quantitative estimate of drug-likeness (QED) is 0.476. The van der Waals surface area contributed by atoms with Crippen molar-refractivity contribution in [1.29, 1.82) is 0 Å². The molecular weight excluding hydrogens is 412 g/mol. The topological polar surface area (TPSA) is 58.4 Å². The predicted octanol–water partition coefficient (Wildman–Crippen LogP) is 4.76. The van der Waals surface area contributed by atoms with E-state index in [0.717, 1.165) is 48.4 Å². The number of imidazole rings is 1. The summed E-state index contributed by atoms with van der Waals surface area (Å²) in [6.45, 7) is 8.67. The minimum atomic E-state index is -0.0327. The SMILES string of the molecule is CCCN(CCC)C(=O)Cn1c(C2CC(=O)N(C(C)c3ccccc3)C2)nc2ccccc21. The molecule has 1 fully saturated rings. The van der Waals surface area contributed by atoms with Crippen molar-refractivity contribution in [2.75, 3.05) is 19.6 Å². The third kappa shape index (κ3) is 4.80. The van der Waals surface area contributed by atoms with Gasteiger partial charge in [0.05, 0.1) is 17.1 Å². The molecule has 4 rings (SSSR count). The maximum Gasteiger partial charge on any atom is 0.242 e. The highest BCUT2D eigenvalue weighted by molar-refractivity contribution is 5.83. The number of carbonyl (C=O) groups excluding carboxylic acids is 2. The van der Waals surface area contributed by atoms with Crippen LogP contribution in [0.2, 0.25) is 0 Å². The number of amides is 2. The molecule has 1 aliphatic rings. The molecule has 174 valence electrons. The molecule has 2 aromatic carbocycles. The molecule has 1 aromatic heterocycles. The Morgan fingerprint density at radius 1 is 1.06 bits per heavy atom. The molecule has 0 saturated carbocycles. The summed E-state index contributed by atoms with van der Waals surface area (Å²) in [4.78, 5) is 35.0. The van der Waals surface area contributed by atoms with Gasteiger partial charge in [-0.05, 0) is 37.5 Å². The summed E-state index contributed by atoms with van der Waals surface area (Å²) in [7, 11) is 0. The maximum absolute atomic E-state index is 13.2. The van der Waals surface area contributed by atoms with Crippen molar-refractivity contribution in [2.24, 2.45) is 0 Å². The van der Waals surface area contributed by atoms with Crippen LogP contribution in [0.4, 0.5) is 0 Å². The molecule has 6 heteroatoms. The number of para-hydroxylation sites is 2. The fraction of sp³-hybridized carbons (Fsp3) is 0.444. The lowest BCUT2D eigenvalue weighted by atomic mass is 10.1. The van der Waals surface area contributed by atoms with Crippen molar-refractivity contribution in [2.45, 2.75) is 58.5 Å². The van der Waals surface area contributed by atoms with Crippen molar-refractivity contribution in [3.63, 3.8) is 0 Å². The third-order valence-corrected chi connectivity index (χ3v) is 6.59. The first-order valence-electron chi connectivity index (χ1n) is 12.1. The van der Waals surface area contributed by atoms with Gasteiger partial charge in [-0.3, -0.25) is 9.59 Å². The largest absolute Gasteiger partial charge is 0.341 e. The summed E-state index contributed by atoms with van der Waals surface area (Å²) in [6, 6.07) is 18.1. The molecule has 1 saturated heterocycles. The lowest BCUT2D eigenvalue weighted by Gasteiger charge is -2.25. The highest BCUT2D eigenvalue weighted by Crippen LogP contribution is 2.35. The number of benzene rings is 2. The summed E-state index contributed by atoms with van der Waals surface area (Å²) in [5.74, 6) is 1.06. The van der Waals surface area contributed by atoms with Crippen LogP contribution in [0.15, 0.2) is 54.6 Å². The number of rotatable bonds is 9. The number of likely N-dealkylation sites (tertiary alicyclic amines) is 1.